The van der Waals surface area contributed by atoms with Gasteiger partial charge in [-0.1, -0.05) is 18.2 Å². The molecule has 0 bridgehead atoms. The van der Waals surface area contributed by atoms with Gasteiger partial charge in [0, 0.05) is 12.4 Å². The van der Waals surface area contributed by atoms with Gasteiger partial charge in [-0.25, -0.2) is 9.48 Å². The molecule has 1 atom stereocenters. The highest BCUT2D eigenvalue weighted by atomic mass is 16.5. The zero-order chi connectivity index (χ0) is 18.9. The number of aryl methyl sites for hydroxylation is 1. The first-order valence-electron chi connectivity index (χ1n) is 8.21. The van der Waals surface area contributed by atoms with E-state index >= 15 is 0 Å². The van der Waals surface area contributed by atoms with Crippen LogP contribution in [-0.2, 0) is 16.6 Å². The molecule has 0 saturated heterocycles. The van der Waals surface area contributed by atoms with E-state index in [1.807, 2.05) is 0 Å². The Kier molecular flexibility index (Phi) is 4.47. The van der Waals surface area contributed by atoms with Gasteiger partial charge in [-0.3, -0.25) is 9.59 Å². The lowest BCUT2D eigenvalue weighted by Gasteiger charge is -2.22. The van der Waals surface area contributed by atoms with Crippen LogP contribution >= 0.6 is 0 Å². The SMILES string of the molecule is Cn1nc(C(=O)OCC(=O)NC(C)(C#N)C2CC2)c2ccccc2c1=O. The molecule has 1 aromatic carbocycles. The van der Waals surface area contributed by atoms with Crippen LogP contribution in [0.2, 0.25) is 0 Å². The van der Waals surface area contributed by atoms with Gasteiger partial charge < -0.3 is 10.1 Å². The smallest absolute Gasteiger partial charge is 0.359 e. The molecular weight excluding hydrogens is 336 g/mol. The Labute approximate surface area is 149 Å². The van der Waals surface area contributed by atoms with Crippen molar-refractivity contribution in [2.75, 3.05) is 6.61 Å². The minimum atomic E-state index is -0.953. The lowest BCUT2D eigenvalue weighted by molar-refractivity contribution is -0.125. The summed E-state index contributed by atoms with van der Waals surface area (Å²) in [6.07, 6.45) is 1.77. The summed E-state index contributed by atoms with van der Waals surface area (Å²) in [5.74, 6) is -1.23. The number of nitriles is 1. The maximum absolute atomic E-state index is 12.4. The van der Waals surface area contributed by atoms with Crippen LogP contribution in [0, 0.1) is 17.2 Å². The minimum absolute atomic E-state index is 0.0410. The van der Waals surface area contributed by atoms with Gasteiger partial charge in [-0.2, -0.15) is 10.4 Å². The predicted octanol–water partition coefficient (Wildman–Crippen LogP) is 0.899. The number of aromatic nitrogens is 2. The van der Waals surface area contributed by atoms with E-state index in [0.717, 1.165) is 17.5 Å². The number of ether oxygens (including phenoxy) is 1. The molecule has 1 saturated carbocycles. The van der Waals surface area contributed by atoms with Crippen molar-refractivity contribution in [3.63, 3.8) is 0 Å². The Hall–Kier alpha value is -3.21. The van der Waals surface area contributed by atoms with Crippen molar-refractivity contribution >= 4 is 22.6 Å². The summed E-state index contributed by atoms with van der Waals surface area (Å²) < 4.78 is 6.10. The van der Waals surface area contributed by atoms with Crippen LogP contribution in [0.5, 0.6) is 0 Å². The van der Waals surface area contributed by atoms with Crippen molar-refractivity contribution in [2.45, 2.75) is 25.3 Å². The Balaban J connectivity index is 1.74. The number of hydrogen-bond acceptors (Lipinski definition) is 6. The molecule has 0 aliphatic heterocycles. The summed E-state index contributed by atoms with van der Waals surface area (Å²) in [6.45, 7) is 1.13. The lowest BCUT2D eigenvalue weighted by Crippen LogP contribution is -2.48. The van der Waals surface area contributed by atoms with Gasteiger partial charge in [-0.05, 0) is 31.7 Å². The topological polar surface area (TPSA) is 114 Å². The Morgan fingerprint density at radius 1 is 1.38 bits per heavy atom. The van der Waals surface area contributed by atoms with E-state index in [0.29, 0.717) is 10.8 Å². The molecule has 3 rings (SSSR count). The fraction of sp³-hybridized carbons (Fsp3) is 0.389. The van der Waals surface area contributed by atoms with E-state index in [9.17, 15) is 19.6 Å². The number of nitrogens with one attached hydrogen (secondary N) is 1. The molecule has 1 aliphatic carbocycles. The molecule has 2 aromatic rings. The molecule has 0 radical (unpaired) electrons. The van der Waals surface area contributed by atoms with Crippen molar-refractivity contribution in [1.82, 2.24) is 15.1 Å². The van der Waals surface area contributed by atoms with Crippen LogP contribution in [-0.4, -0.2) is 33.8 Å². The standard InChI is InChI=1S/C18H18N4O4/c1-18(10-19,11-7-8-11)20-14(23)9-26-17(25)15-12-5-3-4-6-13(12)16(24)22(2)21-15/h3-6,11H,7-9H2,1-2H3,(H,20,23). The van der Waals surface area contributed by atoms with E-state index in [2.05, 4.69) is 16.5 Å². The predicted molar refractivity (Wildman–Crippen MR) is 92.2 cm³/mol. The molecule has 1 aromatic heterocycles. The fourth-order valence-electron chi connectivity index (χ4n) is 2.86. The molecule has 8 heteroatoms. The normalized spacial score (nSPS) is 15.7. The molecule has 1 unspecified atom stereocenters. The molecule has 26 heavy (non-hydrogen) atoms. The summed E-state index contributed by atoms with van der Waals surface area (Å²) >= 11 is 0. The van der Waals surface area contributed by atoms with Gasteiger partial charge in [0.25, 0.3) is 11.5 Å². The second-order valence-electron chi connectivity index (χ2n) is 6.54. The number of hydrogen-bond donors (Lipinski definition) is 1. The first kappa shape index (κ1) is 17.6. The molecular formula is C18H18N4O4. The third-order valence-electron chi connectivity index (χ3n) is 4.51. The second kappa shape index (κ2) is 6.59. The number of amides is 1. The molecule has 1 aliphatic rings. The maximum Gasteiger partial charge on any atom is 0.359 e. The Morgan fingerprint density at radius 3 is 2.65 bits per heavy atom. The van der Waals surface area contributed by atoms with Crippen LogP contribution in [0.25, 0.3) is 10.8 Å². The molecule has 1 fully saturated rings. The quantitative estimate of drug-likeness (QED) is 0.798. The van der Waals surface area contributed by atoms with E-state index in [4.69, 9.17) is 4.74 Å². The van der Waals surface area contributed by atoms with Crippen LogP contribution in [0.3, 0.4) is 0 Å². The second-order valence-corrected chi connectivity index (χ2v) is 6.54. The third kappa shape index (κ3) is 3.28. The van der Waals surface area contributed by atoms with Crippen LogP contribution < -0.4 is 10.9 Å². The summed E-state index contributed by atoms with van der Waals surface area (Å²) in [6, 6.07) is 8.67. The number of rotatable bonds is 5. The Morgan fingerprint density at radius 2 is 2.04 bits per heavy atom. The van der Waals surface area contributed by atoms with E-state index in [-0.39, 0.29) is 17.2 Å². The number of fused-ring (bicyclic) bond motifs is 1. The molecule has 134 valence electrons. The van der Waals surface area contributed by atoms with Crippen LogP contribution in [0.4, 0.5) is 0 Å². The molecule has 1 amide bonds. The van der Waals surface area contributed by atoms with Gasteiger partial charge in [0.1, 0.15) is 5.54 Å². The maximum atomic E-state index is 12.4. The molecule has 8 nitrogen and oxygen atoms in total. The average molecular weight is 354 g/mol. The molecule has 1 heterocycles. The number of nitrogens with zero attached hydrogens (tertiary/aromatic N) is 3. The van der Waals surface area contributed by atoms with E-state index in [1.165, 1.54) is 7.05 Å². The highest BCUT2D eigenvalue weighted by molar-refractivity contribution is 6.02. The zero-order valence-corrected chi connectivity index (χ0v) is 14.5. The van der Waals surface area contributed by atoms with Gasteiger partial charge in [-0.15, -0.1) is 0 Å². The van der Waals surface area contributed by atoms with Gasteiger partial charge in [0.2, 0.25) is 0 Å². The summed E-state index contributed by atoms with van der Waals surface area (Å²) in [5.41, 5.74) is -1.32. The number of esters is 1. The number of carbonyl (C=O) groups is 2. The van der Waals surface area contributed by atoms with Crippen molar-refractivity contribution in [3.05, 3.63) is 40.3 Å². The summed E-state index contributed by atoms with van der Waals surface area (Å²) in [5, 5.41) is 16.5. The first-order valence-corrected chi connectivity index (χ1v) is 8.21. The van der Waals surface area contributed by atoms with Crippen LogP contribution in [0.1, 0.15) is 30.3 Å². The number of carbonyl (C=O) groups excluding carboxylic acids is 2. The Bertz CT molecular complexity index is 987. The monoisotopic (exact) mass is 354 g/mol. The highest BCUT2D eigenvalue weighted by Gasteiger charge is 2.43. The minimum Gasteiger partial charge on any atom is -0.451 e. The molecule has 0 spiro atoms. The van der Waals surface area contributed by atoms with E-state index < -0.39 is 24.0 Å². The highest BCUT2D eigenvalue weighted by Crippen LogP contribution is 2.39. The van der Waals surface area contributed by atoms with Crippen molar-refractivity contribution in [1.29, 1.82) is 5.26 Å². The van der Waals surface area contributed by atoms with Crippen molar-refractivity contribution in [3.8, 4) is 6.07 Å². The first-order chi connectivity index (χ1) is 12.4. The largest absolute Gasteiger partial charge is 0.451 e. The van der Waals surface area contributed by atoms with Crippen molar-refractivity contribution < 1.29 is 14.3 Å². The zero-order valence-electron chi connectivity index (χ0n) is 14.5. The van der Waals surface area contributed by atoms with Crippen molar-refractivity contribution in [2.24, 2.45) is 13.0 Å². The average Bonchev–Trinajstić information content (AvgIpc) is 3.48. The van der Waals surface area contributed by atoms with Gasteiger partial charge in [0.15, 0.2) is 12.3 Å². The van der Waals surface area contributed by atoms with E-state index in [1.54, 1.807) is 31.2 Å². The lowest BCUT2D eigenvalue weighted by atomic mass is 9.98. The van der Waals surface area contributed by atoms with Crippen LogP contribution in [0.15, 0.2) is 29.1 Å². The summed E-state index contributed by atoms with van der Waals surface area (Å²) in [4.78, 5) is 36.5. The fourth-order valence-corrected chi connectivity index (χ4v) is 2.86. The summed E-state index contributed by atoms with van der Waals surface area (Å²) in [7, 11) is 1.44. The van der Waals surface area contributed by atoms with Gasteiger partial charge >= 0.3 is 5.97 Å². The number of benzene rings is 1. The third-order valence-corrected chi connectivity index (χ3v) is 4.51. The van der Waals surface area contributed by atoms with Gasteiger partial charge in [0.05, 0.1) is 11.5 Å². The molecule has 1 N–H and O–H groups in total.